The number of aromatic hydroxyl groups is 1. The fourth-order valence-corrected chi connectivity index (χ4v) is 4.42. The highest BCUT2D eigenvalue weighted by Gasteiger charge is 2.31. The molecule has 0 radical (unpaired) electrons. The van der Waals surface area contributed by atoms with Crippen LogP contribution in [-0.2, 0) is 6.42 Å². The predicted octanol–water partition coefficient (Wildman–Crippen LogP) is 2.26. The third-order valence-corrected chi connectivity index (χ3v) is 5.92. The minimum atomic E-state index is -0.682. The number of aromatic amines is 2. The lowest BCUT2D eigenvalue weighted by atomic mass is 9.95. The fourth-order valence-electron chi connectivity index (χ4n) is 4.42. The van der Waals surface area contributed by atoms with E-state index in [4.69, 9.17) is 4.74 Å². The van der Waals surface area contributed by atoms with E-state index in [1.54, 1.807) is 19.2 Å². The Morgan fingerprint density at radius 3 is 2.71 bits per heavy atom. The van der Waals surface area contributed by atoms with Crippen LogP contribution in [0.4, 0.5) is 0 Å². The number of nitrogens with one attached hydrogen (secondary N) is 3. The van der Waals surface area contributed by atoms with Gasteiger partial charge in [-0.15, -0.1) is 0 Å². The molecule has 2 aromatic heterocycles. The van der Waals surface area contributed by atoms with Gasteiger partial charge in [0.05, 0.1) is 18.8 Å². The predicted molar refractivity (Wildman–Crippen MR) is 117 cm³/mol. The van der Waals surface area contributed by atoms with Crippen LogP contribution >= 0.6 is 0 Å². The standard InChI is InChI=1S/C23H22N4O4/c1-12-5-3-4-6-17(12)27-22(29)18(21(28)26-23(27)30)20-19-14(9-10-24-20)15-11-13(31-2)7-8-16(15)25-19/h3-8,11,20,24-25,29H,9-10H2,1-2H3,(H,26,28,30)/t20-/m0/s1. The van der Waals surface area contributed by atoms with E-state index in [2.05, 4.69) is 15.3 Å². The topological polar surface area (TPSA) is 112 Å². The van der Waals surface area contributed by atoms with E-state index < -0.39 is 17.3 Å². The van der Waals surface area contributed by atoms with Crippen LogP contribution in [-0.4, -0.2) is 33.3 Å². The summed E-state index contributed by atoms with van der Waals surface area (Å²) in [5.41, 5.74) is 2.89. The molecule has 4 N–H and O–H groups in total. The van der Waals surface area contributed by atoms with Crippen molar-refractivity contribution in [1.29, 1.82) is 0 Å². The summed E-state index contributed by atoms with van der Waals surface area (Å²) >= 11 is 0. The molecule has 0 saturated heterocycles. The van der Waals surface area contributed by atoms with Crippen molar-refractivity contribution in [2.24, 2.45) is 0 Å². The molecule has 1 aliphatic rings. The number of aryl methyl sites for hydroxylation is 1. The number of hydrogen-bond donors (Lipinski definition) is 4. The Hall–Kier alpha value is -3.78. The third kappa shape index (κ3) is 2.95. The van der Waals surface area contributed by atoms with Gasteiger partial charge in [-0.3, -0.25) is 9.78 Å². The Balaban J connectivity index is 1.74. The lowest BCUT2D eigenvalue weighted by Crippen LogP contribution is -2.38. The Morgan fingerprint density at radius 2 is 1.94 bits per heavy atom. The van der Waals surface area contributed by atoms with E-state index in [1.807, 2.05) is 37.3 Å². The first kappa shape index (κ1) is 19.2. The molecule has 0 saturated carbocycles. The molecule has 8 heteroatoms. The van der Waals surface area contributed by atoms with Crippen molar-refractivity contribution in [3.05, 3.63) is 85.7 Å². The molecule has 158 valence electrons. The molecule has 0 spiro atoms. The number of ether oxygens (including phenoxy) is 1. The first-order valence-corrected chi connectivity index (χ1v) is 10.1. The zero-order valence-electron chi connectivity index (χ0n) is 17.2. The lowest BCUT2D eigenvalue weighted by molar-refractivity contribution is 0.409. The Bertz CT molecular complexity index is 1430. The molecule has 8 nitrogen and oxygen atoms in total. The van der Waals surface area contributed by atoms with Gasteiger partial charge in [0, 0.05) is 23.1 Å². The van der Waals surface area contributed by atoms with Gasteiger partial charge in [0.25, 0.3) is 5.56 Å². The molecule has 0 amide bonds. The summed E-state index contributed by atoms with van der Waals surface area (Å²) in [5, 5.41) is 15.5. The van der Waals surface area contributed by atoms with E-state index in [9.17, 15) is 14.7 Å². The smallest absolute Gasteiger partial charge is 0.335 e. The van der Waals surface area contributed by atoms with Gasteiger partial charge in [-0.05, 0) is 48.7 Å². The minimum absolute atomic E-state index is 0.0994. The highest BCUT2D eigenvalue weighted by atomic mass is 16.5. The number of fused-ring (bicyclic) bond motifs is 3. The summed E-state index contributed by atoms with van der Waals surface area (Å²) < 4.78 is 6.51. The molecule has 31 heavy (non-hydrogen) atoms. The molecule has 1 aliphatic heterocycles. The van der Waals surface area contributed by atoms with E-state index >= 15 is 0 Å². The van der Waals surface area contributed by atoms with Gasteiger partial charge in [0.2, 0.25) is 5.88 Å². The van der Waals surface area contributed by atoms with E-state index in [1.165, 1.54) is 0 Å². The molecule has 1 atom stereocenters. The zero-order chi connectivity index (χ0) is 21.7. The van der Waals surface area contributed by atoms with Gasteiger partial charge >= 0.3 is 5.69 Å². The minimum Gasteiger partial charge on any atom is -0.497 e. The van der Waals surface area contributed by atoms with Gasteiger partial charge in [-0.2, -0.15) is 0 Å². The zero-order valence-corrected chi connectivity index (χ0v) is 17.2. The second kappa shape index (κ2) is 7.17. The maximum Gasteiger partial charge on any atom is 0.335 e. The average molecular weight is 418 g/mol. The van der Waals surface area contributed by atoms with Gasteiger partial charge in [-0.25, -0.2) is 9.36 Å². The molecule has 0 aliphatic carbocycles. The number of hydrogen-bond acceptors (Lipinski definition) is 5. The number of aromatic nitrogens is 3. The van der Waals surface area contributed by atoms with Crippen molar-refractivity contribution in [1.82, 2.24) is 19.9 Å². The first-order chi connectivity index (χ1) is 15.0. The SMILES string of the molecule is COc1ccc2[nH]c3c(c2c1)CCN[C@H]3c1c(O)n(-c2ccccc2C)c(=O)[nH]c1=O. The molecule has 4 aromatic rings. The van der Waals surface area contributed by atoms with Crippen molar-refractivity contribution in [2.45, 2.75) is 19.4 Å². The summed E-state index contributed by atoms with van der Waals surface area (Å²) in [4.78, 5) is 31.2. The van der Waals surface area contributed by atoms with Crippen LogP contribution < -0.4 is 21.3 Å². The number of H-pyrrole nitrogens is 2. The molecule has 5 rings (SSSR count). The van der Waals surface area contributed by atoms with Crippen molar-refractivity contribution < 1.29 is 9.84 Å². The molecular formula is C23H22N4O4. The van der Waals surface area contributed by atoms with Crippen molar-refractivity contribution in [3.8, 4) is 17.3 Å². The Kier molecular flexibility index (Phi) is 4.44. The average Bonchev–Trinajstić information content (AvgIpc) is 3.13. The summed E-state index contributed by atoms with van der Waals surface area (Å²) in [5.74, 6) is 0.378. The van der Waals surface area contributed by atoms with Crippen molar-refractivity contribution >= 4 is 10.9 Å². The molecule has 0 unspecified atom stereocenters. The molecule has 3 heterocycles. The van der Waals surface area contributed by atoms with E-state index in [-0.39, 0.29) is 11.4 Å². The highest BCUT2D eigenvalue weighted by Crippen LogP contribution is 2.36. The van der Waals surface area contributed by atoms with Crippen LogP contribution in [0.3, 0.4) is 0 Å². The van der Waals surface area contributed by atoms with Crippen molar-refractivity contribution in [2.75, 3.05) is 13.7 Å². The Morgan fingerprint density at radius 1 is 1.13 bits per heavy atom. The van der Waals surface area contributed by atoms with Gasteiger partial charge in [0.1, 0.15) is 11.3 Å². The van der Waals surface area contributed by atoms with Crippen LogP contribution in [0, 0.1) is 6.92 Å². The summed E-state index contributed by atoms with van der Waals surface area (Å²) in [7, 11) is 1.62. The molecular weight excluding hydrogens is 396 g/mol. The molecule has 0 fully saturated rings. The second-order valence-electron chi connectivity index (χ2n) is 7.68. The Labute approximate surface area is 177 Å². The number of nitrogens with zero attached hydrogens (tertiary/aromatic N) is 1. The van der Waals surface area contributed by atoms with Crippen LogP contribution in [0.2, 0.25) is 0 Å². The fraction of sp³-hybridized carbons (Fsp3) is 0.217. The number of rotatable bonds is 3. The monoisotopic (exact) mass is 418 g/mol. The van der Waals surface area contributed by atoms with Crippen LogP contribution in [0.1, 0.15) is 28.4 Å². The largest absolute Gasteiger partial charge is 0.497 e. The van der Waals surface area contributed by atoms with Gasteiger partial charge in [-0.1, -0.05) is 18.2 Å². The lowest BCUT2D eigenvalue weighted by Gasteiger charge is -2.25. The van der Waals surface area contributed by atoms with Crippen molar-refractivity contribution in [3.63, 3.8) is 0 Å². The number of methoxy groups -OCH3 is 1. The van der Waals surface area contributed by atoms with Gasteiger partial charge in [0.15, 0.2) is 0 Å². The highest BCUT2D eigenvalue weighted by molar-refractivity contribution is 5.86. The second-order valence-corrected chi connectivity index (χ2v) is 7.68. The normalized spacial score (nSPS) is 15.7. The molecule has 0 bridgehead atoms. The number of para-hydroxylation sites is 1. The van der Waals surface area contributed by atoms with E-state index in [0.29, 0.717) is 12.2 Å². The molecule has 2 aromatic carbocycles. The van der Waals surface area contributed by atoms with Crippen LogP contribution in [0.15, 0.2) is 52.1 Å². The van der Waals surface area contributed by atoms with Gasteiger partial charge < -0.3 is 20.1 Å². The van der Waals surface area contributed by atoms with Crippen LogP contribution in [0.5, 0.6) is 11.6 Å². The summed E-state index contributed by atoms with van der Waals surface area (Å²) in [6.45, 7) is 2.46. The maximum absolute atomic E-state index is 12.9. The summed E-state index contributed by atoms with van der Waals surface area (Å²) in [6.07, 6.45) is 0.759. The number of benzene rings is 2. The summed E-state index contributed by atoms with van der Waals surface area (Å²) in [6, 6.07) is 12.4. The van der Waals surface area contributed by atoms with E-state index in [0.717, 1.165) is 44.5 Å². The maximum atomic E-state index is 12.9. The quantitative estimate of drug-likeness (QED) is 0.408. The van der Waals surface area contributed by atoms with Crippen LogP contribution in [0.25, 0.3) is 16.6 Å². The third-order valence-electron chi connectivity index (χ3n) is 5.92. The first-order valence-electron chi connectivity index (χ1n) is 10.1.